The average Bonchev–Trinajstić information content (AvgIpc) is 2.91. The van der Waals surface area contributed by atoms with Crippen molar-refractivity contribution in [2.24, 2.45) is 0 Å². The molecule has 0 atom stereocenters. The van der Waals surface area contributed by atoms with Crippen molar-refractivity contribution in [3.63, 3.8) is 0 Å². The van der Waals surface area contributed by atoms with Gasteiger partial charge in [-0.2, -0.15) is 0 Å². The summed E-state index contributed by atoms with van der Waals surface area (Å²) in [5.74, 6) is -6.91. The Balaban J connectivity index is 2.49. The zero-order valence-electron chi connectivity index (χ0n) is 14.4. The third-order valence-electron chi connectivity index (χ3n) is 4.24. The molecule has 31 heavy (non-hydrogen) atoms. The molecular weight excluding hydrogens is 590 g/mol. The maximum absolute atomic E-state index is 15.2. The molecule has 0 radical (unpaired) electrons. The number of hydrogen-bond acceptors (Lipinski definition) is 3. The van der Waals surface area contributed by atoms with Gasteiger partial charge in [-0.15, -0.1) is 0 Å². The fourth-order valence-corrected chi connectivity index (χ4v) is 16.4. The summed E-state index contributed by atoms with van der Waals surface area (Å²) < 4.78 is 155. The molecule has 0 N–H and O–H groups in total. The molecule has 0 saturated heterocycles. The molecule has 3 nitrogen and oxygen atoms in total. The summed E-state index contributed by atoms with van der Waals surface area (Å²) in [6, 6.07) is 7.19. The predicted molar refractivity (Wildman–Crippen MR) is 88.9 cm³/mol. The summed E-state index contributed by atoms with van der Waals surface area (Å²) in [7, 11) is -7.01. The van der Waals surface area contributed by atoms with Gasteiger partial charge in [0.15, 0.2) is 0 Å². The first kappa shape index (κ1) is 24.1. The number of halogens is 10. The number of hydrogen-bond donors (Lipinski definition) is 0. The van der Waals surface area contributed by atoms with E-state index in [2.05, 4.69) is 2.55 Å². The van der Waals surface area contributed by atoms with Crippen LogP contribution in [0.1, 0.15) is 0 Å². The molecule has 2 aromatic rings. The van der Waals surface area contributed by atoms with Crippen LogP contribution in [0.4, 0.5) is 43.9 Å². The monoisotopic (exact) mass is 600 g/mol. The van der Waals surface area contributed by atoms with E-state index >= 15 is 8.78 Å². The molecule has 0 aromatic heterocycles. The Morgan fingerprint density at radius 1 is 0.677 bits per heavy atom. The van der Waals surface area contributed by atoms with E-state index in [0.29, 0.717) is 12.1 Å². The van der Waals surface area contributed by atoms with Gasteiger partial charge in [0.05, 0.1) is 0 Å². The van der Waals surface area contributed by atoms with Gasteiger partial charge in [-0.25, -0.2) is 0 Å². The minimum absolute atomic E-state index is 0.422. The second kappa shape index (κ2) is 6.97. The molecule has 0 aliphatic carbocycles. The Bertz CT molecular complexity index is 1080. The summed E-state index contributed by atoms with van der Waals surface area (Å²) in [5, 5.41) is 0. The van der Waals surface area contributed by atoms with Crippen molar-refractivity contribution in [3.05, 3.63) is 48.5 Å². The summed E-state index contributed by atoms with van der Waals surface area (Å²) >= 11 is -7.59. The van der Waals surface area contributed by atoms with E-state index < -0.39 is 68.6 Å². The van der Waals surface area contributed by atoms with Gasteiger partial charge in [0.1, 0.15) is 0 Å². The zero-order chi connectivity index (χ0) is 23.7. The normalized spacial score (nSPS) is 17.7. The van der Waals surface area contributed by atoms with Crippen molar-refractivity contribution in [1.29, 1.82) is 0 Å². The third-order valence-corrected chi connectivity index (χ3v) is 16.8. The molecule has 1 aliphatic heterocycles. The number of fused-ring (bicyclic) bond motifs is 3. The van der Waals surface area contributed by atoms with Gasteiger partial charge >= 0.3 is 172 Å². The van der Waals surface area contributed by atoms with Crippen LogP contribution in [0.15, 0.2) is 48.5 Å². The van der Waals surface area contributed by atoms with E-state index in [0.717, 1.165) is 36.4 Å². The Morgan fingerprint density at radius 2 is 1.06 bits per heavy atom. The van der Waals surface area contributed by atoms with Crippen molar-refractivity contribution < 1.29 is 54.9 Å². The third kappa shape index (κ3) is 3.23. The molecule has 1 aliphatic rings. The molecule has 0 amide bonds. The predicted octanol–water partition coefficient (Wildman–Crippen LogP) is 3.97. The molecule has 15 heteroatoms. The van der Waals surface area contributed by atoms with Crippen LogP contribution in [-0.4, -0.2) is 48.6 Å². The van der Waals surface area contributed by atoms with Gasteiger partial charge < -0.3 is 0 Å². The molecule has 1 heterocycles. The second-order valence-corrected chi connectivity index (χ2v) is 15.9. The fourth-order valence-electron chi connectivity index (χ4n) is 2.91. The molecule has 2 aromatic carbocycles. The van der Waals surface area contributed by atoms with Crippen molar-refractivity contribution >= 4 is 35.9 Å². The van der Waals surface area contributed by atoms with Gasteiger partial charge in [0.25, 0.3) is 0 Å². The molecule has 3 rings (SSSR count). The second-order valence-electron chi connectivity index (χ2n) is 6.11. The molecule has 0 unspecified atom stereocenters. The van der Waals surface area contributed by atoms with Crippen molar-refractivity contribution in [2.75, 3.05) is 0 Å². The number of alkyl halides is 10. The molecule has 0 spiro atoms. The minimum atomic E-state index is -7.59. The van der Waals surface area contributed by atoms with Gasteiger partial charge in [-0.3, -0.25) is 0 Å². The van der Waals surface area contributed by atoms with Crippen LogP contribution in [0.25, 0.3) is 11.1 Å². The first-order chi connectivity index (χ1) is 13.9. The van der Waals surface area contributed by atoms with Crippen LogP contribution in [0, 0.1) is 0 Å². The van der Waals surface area contributed by atoms with Crippen molar-refractivity contribution in [3.8, 4) is 11.1 Å². The molecule has 0 bridgehead atoms. The van der Waals surface area contributed by atoms with Crippen LogP contribution in [0.3, 0.4) is 0 Å². The first-order valence-electron chi connectivity index (χ1n) is 7.78. The summed E-state index contributed by atoms with van der Waals surface area (Å²) in [6.45, 7) is 0. The Hall–Kier alpha value is -1.56. The van der Waals surface area contributed by atoms with Gasteiger partial charge in [-0.1, -0.05) is 0 Å². The molecular formula is C16H8F10O3STe. The molecule has 0 saturated carbocycles. The van der Waals surface area contributed by atoms with Crippen molar-refractivity contribution in [2.45, 2.75) is 21.6 Å². The van der Waals surface area contributed by atoms with Gasteiger partial charge in [0, 0.05) is 0 Å². The summed E-state index contributed by atoms with van der Waals surface area (Å²) in [6.07, 6.45) is -6.92. The van der Waals surface area contributed by atoms with Crippen LogP contribution in [0.2, 0.25) is 0 Å². The Kier molecular flexibility index (Phi) is 5.41. The summed E-state index contributed by atoms with van der Waals surface area (Å²) in [5.41, 5.74) is -7.20. The quantitative estimate of drug-likeness (QED) is 0.305. The zero-order valence-corrected chi connectivity index (χ0v) is 17.6. The van der Waals surface area contributed by atoms with Crippen molar-refractivity contribution in [1.82, 2.24) is 0 Å². The first-order valence-corrected chi connectivity index (χ1v) is 13.6. The van der Waals surface area contributed by atoms with E-state index in [9.17, 15) is 43.5 Å². The van der Waals surface area contributed by atoms with E-state index in [4.69, 9.17) is 0 Å². The Labute approximate surface area is 172 Å². The van der Waals surface area contributed by atoms with E-state index in [1.807, 2.05) is 0 Å². The van der Waals surface area contributed by atoms with Gasteiger partial charge in [0.2, 0.25) is 0 Å². The molecule has 172 valence electrons. The van der Waals surface area contributed by atoms with Crippen LogP contribution < -0.4 is 7.22 Å². The van der Waals surface area contributed by atoms with Crippen LogP contribution in [-0.2, 0) is 12.7 Å². The SMILES string of the molecule is O=S(=O)(O[Te]1(C(F)(F)C(F)(F)C(F)(F)F)c2ccccc2-c2ccccc21)C(F)(F)F. The fraction of sp³-hybridized carbons (Fsp3) is 0.250. The molecule has 0 fully saturated rings. The average molecular weight is 598 g/mol. The van der Waals surface area contributed by atoms with E-state index in [1.54, 1.807) is 0 Å². The standard InChI is InChI=1S/C16H8F10O3STe/c17-13(18,14(19,20)21)15(22,23)31(29-30(27,28)16(24,25)26)11-7-3-1-5-9(11)10-6-2-4-8-12(10)31/h1-8H. The Morgan fingerprint density at radius 3 is 1.42 bits per heavy atom. The number of rotatable bonds is 4. The summed E-state index contributed by atoms with van der Waals surface area (Å²) in [4.78, 5) is 0. The topological polar surface area (TPSA) is 43.4 Å². The van der Waals surface area contributed by atoms with Crippen LogP contribution in [0.5, 0.6) is 0 Å². The maximum atomic E-state index is 15.2. The van der Waals surface area contributed by atoms with Crippen LogP contribution >= 0.6 is 0 Å². The van der Waals surface area contributed by atoms with Gasteiger partial charge in [-0.05, 0) is 0 Å². The van der Waals surface area contributed by atoms with E-state index in [1.165, 1.54) is 0 Å². The van der Waals surface area contributed by atoms with E-state index in [-0.39, 0.29) is 0 Å². The number of benzene rings is 2.